The van der Waals surface area contributed by atoms with Crippen molar-refractivity contribution in [3.05, 3.63) is 0 Å². The second-order valence-corrected chi connectivity index (χ2v) is 3.75. The van der Waals surface area contributed by atoms with Gasteiger partial charge in [-0.2, -0.15) is 0 Å². The van der Waals surface area contributed by atoms with Gasteiger partial charge in [0.2, 0.25) is 0 Å². The molecule has 0 bridgehead atoms. The monoisotopic (exact) mass is 125 g/mol. The molecule has 2 saturated carbocycles. The fourth-order valence-corrected chi connectivity index (χ4v) is 2.00. The zero-order valence-corrected chi connectivity index (χ0v) is 6.06. The summed E-state index contributed by atoms with van der Waals surface area (Å²) in [6.45, 7) is 2.19. The maximum absolute atomic E-state index is 5.89. The Morgan fingerprint density at radius 1 is 1.67 bits per heavy atom. The summed E-state index contributed by atoms with van der Waals surface area (Å²) in [6.07, 6.45) is 5.57. The van der Waals surface area contributed by atoms with Gasteiger partial charge in [-0.3, -0.25) is 0 Å². The highest BCUT2D eigenvalue weighted by Crippen LogP contribution is 2.71. The molecule has 2 atom stereocenters. The molecule has 0 aromatic rings. The topological polar surface area (TPSA) is 26.0 Å². The zero-order valence-electron chi connectivity index (χ0n) is 6.06. The summed E-state index contributed by atoms with van der Waals surface area (Å²) in [4.78, 5) is 0. The number of rotatable bonds is 2. The van der Waals surface area contributed by atoms with Gasteiger partial charge < -0.3 is 5.73 Å². The van der Waals surface area contributed by atoms with Crippen molar-refractivity contribution in [3.8, 4) is 0 Å². The van der Waals surface area contributed by atoms with E-state index in [9.17, 15) is 0 Å². The first-order valence-corrected chi connectivity index (χ1v) is 4.04. The molecule has 0 aromatic heterocycles. The van der Waals surface area contributed by atoms with Crippen molar-refractivity contribution in [2.75, 3.05) is 0 Å². The maximum atomic E-state index is 5.89. The predicted molar refractivity (Wildman–Crippen MR) is 38.0 cm³/mol. The molecule has 2 N–H and O–H groups in total. The van der Waals surface area contributed by atoms with E-state index in [-0.39, 0.29) is 0 Å². The van der Waals surface area contributed by atoms with Crippen LogP contribution in [0, 0.1) is 11.3 Å². The Hall–Kier alpha value is -0.0400. The average Bonchev–Trinajstić information content (AvgIpc) is 2.74. The lowest BCUT2D eigenvalue weighted by Gasteiger charge is -2.05. The van der Waals surface area contributed by atoms with Crippen molar-refractivity contribution < 1.29 is 0 Å². The molecule has 1 spiro atoms. The van der Waals surface area contributed by atoms with E-state index in [4.69, 9.17) is 5.73 Å². The van der Waals surface area contributed by atoms with Crippen LogP contribution in [0.5, 0.6) is 0 Å². The molecule has 0 saturated heterocycles. The first kappa shape index (κ1) is 5.72. The third-order valence-corrected chi connectivity index (χ3v) is 3.13. The Bertz CT molecular complexity index is 127. The van der Waals surface area contributed by atoms with Crippen molar-refractivity contribution in [1.82, 2.24) is 0 Å². The predicted octanol–water partition coefficient (Wildman–Crippen LogP) is 1.52. The third kappa shape index (κ3) is 0.710. The molecule has 52 valence electrons. The minimum absolute atomic E-state index is 0.521. The number of nitrogens with two attached hydrogens (primary N) is 1. The molecule has 2 rings (SSSR count). The lowest BCUT2D eigenvalue weighted by atomic mass is 10.1. The van der Waals surface area contributed by atoms with Crippen LogP contribution in [-0.4, -0.2) is 6.04 Å². The normalized spacial score (nSPS) is 38.7. The fraction of sp³-hybridized carbons (Fsp3) is 1.00. The molecule has 9 heavy (non-hydrogen) atoms. The van der Waals surface area contributed by atoms with E-state index < -0.39 is 0 Å². The maximum Gasteiger partial charge on any atom is 0.00700 e. The van der Waals surface area contributed by atoms with Crippen LogP contribution < -0.4 is 5.73 Å². The van der Waals surface area contributed by atoms with Crippen LogP contribution in [0.15, 0.2) is 0 Å². The van der Waals surface area contributed by atoms with Gasteiger partial charge in [-0.1, -0.05) is 6.92 Å². The minimum Gasteiger partial charge on any atom is -0.327 e. The van der Waals surface area contributed by atoms with E-state index in [1.54, 1.807) is 0 Å². The summed E-state index contributed by atoms with van der Waals surface area (Å²) in [5, 5.41) is 0. The van der Waals surface area contributed by atoms with Crippen LogP contribution in [0.4, 0.5) is 0 Å². The summed E-state index contributed by atoms with van der Waals surface area (Å²) in [6, 6.07) is 0.521. The van der Waals surface area contributed by atoms with Gasteiger partial charge in [0.05, 0.1) is 0 Å². The Morgan fingerprint density at radius 3 is 2.67 bits per heavy atom. The van der Waals surface area contributed by atoms with Crippen LogP contribution in [0.25, 0.3) is 0 Å². The largest absolute Gasteiger partial charge is 0.327 e. The van der Waals surface area contributed by atoms with Gasteiger partial charge in [0.15, 0.2) is 0 Å². The molecule has 1 heteroatoms. The first-order chi connectivity index (χ1) is 4.28. The smallest absolute Gasteiger partial charge is 0.00700 e. The molecule has 2 fully saturated rings. The molecule has 0 amide bonds. The van der Waals surface area contributed by atoms with E-state index in [0.29, 0.717) is 6.04 Å². The summed E-state index contributed by atoms with van der Waals surface area (Å²) < 4.78 is 0. The highest BCUT2D eigenvalue weighted by Gasteiger charge is 2.63. The molecular formula is C8H15N. The molecule has 2 aliphatic rings. The van der Waals surface area contributed by atoms with Crippen molar-refractivity contribution in [3.63, 3.8) is 0 Å². The zero-order chi connectivity index (χ0) is 6.48. The fourth-order valence-electron chi connectivity index (χ4n) is 2.00. The number of hydrogen-bond acceptors (Lipinski definition) is 1. The standard InChI is InChI=1S/C8H15N/c1-2-7(9)6-5-8(6)3-4-8/h6-7H,2-5,9H2,1H3/t6?,7-/m0/s1. The van der Waals surface area contributed by atoms with Gasteiger partial charge in [0.25, 0.3) is 0 Å². The quantitative estimate of drug-likeness (QED) is 0.595. The highest BCUT2D eigenvalue weighted by molar-refractivity contribution is 5.15. The van der Waals surface area contributed by atoms with E-state index in [1.165, 1.54) is 25.7 Å². The average molecular weight is 125 g/mol. The Kier molecular flexibility index (Phi) is 0.963. The van der Waals surface area contributed by atoms with Gasteiger partial charge in [0, 0.05) is 6.04 Å². The highest BCUT2D eigenvalue weighted by atomic mass is 14.8. The van der Waals surface area contributed by atoms with E-state index >= 15 is 0 Å². The van der Waals surface area contributed by atoms with E-state index in [2.05, 4.69) is 6.92 Å². The Morgan fingerprint density at radius 2 is 2.33 bits per heavy atom. The van der Waals surface area contributed by atoms with Gasteiger partial charge in [0.1, 0.15) is 0 Å². The Balaban J connectivity index is 1.89. The van der Waals surface area contributed by atoms with Crippen LogP contribution in [-0.2, 0) is 0 Å². The van der Waals surface area contributed by atoms with Crippen LogP contribution >= 0.6 is 0 Å². The molecule has 1 nitrogen and oxygen atoms in total. The van der Waals surface area contributed by atoms with Gasteiger partial charge in [-0.05, 0) is 37.0 Å². The number of hydrogen-bond donors (Lipinski definition) is 1. The minimum atomic E-state index is 0.521. The molecule has 0 aromatic carbocycles. The van der Waals surface area contributed by atoms with Crippen LogP contribution in [0.3, 0.4) is 0 Å². The third-order valence-electron chi connectivity index (χ3n) is 3.13. The Labute approximate surface area is 56.6 Å². The molecule has 2 aliphatic carbocycles. The first-order valence-electron chi connectivity index (χ1n) is 4.04. The van der Waals surface area contributed by atoms with Crippen molar-refractivity contribution in [2.24, 2.45) is 17.1 Å². The lowest BCUT2D eigenvalue weighted by Crippen LogP contribution is -2.22. The molecule has 0 aliphatic heterocycles. The van der Waals surface area contributed by atoms with Crippen LogP contribution in [0.2, 0.25) is 0 Å². The molecule has 0 radical (unpaired) electrons. The van der Waals surface area contributed by atoms with E-state index in [0.717, 1.165) is 11.3 Å². The van der Waals surface area contributed by atoms with Gasteiger partial charge in [-0.15, -0.1) is 0 Å². The van der Waals surface area contributed by atoms with Gasteiger partial charge in [-0.25, -0.2) is 0 Å². The summed E-state index contributed by atoms with van der Waals surface area (Å²) in [5.74, 6) is 0.919. The lowest BCUT2D eigenvalue weighted by molar-refractivity contribution is 0.531. The second kappa shape index (κ2) is 1.51. The van der Waals surface area contributed by atoms with Crippen molar-refractivity contribution in [1.29, 1.82) is 0 Å². The van der Waals surface area contributed by atoms with Crippen LogP contribution in [0.1, 0.15) is 32.6 Å². The molecule has 0 heterocycles. The van der Waals surface area contributed by atoms with E-state index in [1.807, 2.05) is 0 Å². The molecular weight excluding hydrogens is 110 g/mol. The summed E-state index contributed by atoms with van der Waals surface area (Å²) in [7, 11) is 0. The molecule has 1 unspecified atom stereocenters. The van der Waals surface area contributed by atoms with Crippen molar-refractivity contribution in [2.45, 2.75) is 38.6 Å². The van der Waals surface area contributed by atoms with Crippen molar-refractivity contribution >= 4 is 0 Å². The second-order valence-electron chi connectivity index (χ2n) is 3.75. The summed E-state index contributed by atoms with van der Waals surface area (Å²) in [5.41, 5.74) is 6.71. The SMILES string of the molecule is CC[C@H](N)C1CC12CC2. The summed E-state index contributed by atoms with van der Waals surface area (Å²) >= 11 is 0. The van der Waals surface area contributed by atoms with Gasteiger partial charge >= 0.3 is 0 Å².